The molecule has 1 aromatic rings. The molecule has 0 heterocycles. The maximum absolute atomic E-state index is 11.7. The third kappa shape index (κ3) is 3.11. The molecule has 108 valence electrons. The standard InChI is InChI=1S/C16H21NO2S/c1-20-14-4-2-3-13(15(14)16(18)19)17(9-11-5-6-11)10-12-7-8-12/h2-4,11-12H,5-10H2,1H3,(H,18,19). The molecule has 0 saturated heterocycles. The first-order valence-corrected chi connectivity index (χ1v) is 8.56. The van der Waals surface area contributed by atoms with Gasteiger partial charge in [0.1, 0.15) is 0 Å². The van der Waals surface area contributed by atoms with Crippen molar-refractivity contribution in [1.29, 1.82) is 0 Å². The summed E-state index contributed by atoms with van der Waals surface area (Å²) in [6.07, 6.45) is 7.13. The highest BCUT2D eigenvalue weighted by Crippen LogP contribution is 2.38. The molecule has 2 aliphatic rings. The molecular weight excluding hydrogens is 270 g/mol. The molecule has 3 rings (SSSR count). The molecule has 0 unspecified atom stereocenters. The van der Waals surface area contributed by atoms with Gasteiger partial charge in [0, 0.05) is 18.0 Å². The Hall–Kier alpha value is -1.16. The van der Waals surface area contributed by atoms with Crippen LogP contribution in [0.25, 0.3) is 0 Å². The number of carboxylic acid groups (broad SMARTS) is 1. The van der Waals surface area contributed by atoms with Crippen molar-refractivity contribution in [3.8, 4) is 0 Å². The van der Waals surface area contributed by atoms with Crippen LogP contribution < -0.4 is 4.90 Å². The van der Waals surface area contributed by atoms with Crippen LogP contribution >= 0.6 is 11.8 Å². The first-order chi connectivity index (χ1) is 9.69. The van der Waals surface area contributed by atoms with E-state index in [9.17, 15) is 9.90 Å². The predicted octanol–water partition coefficient (Wildman–Crippen LogP) is 3.73. The quantitative estimate of drug-likeness (QED) is 0.777. The summed E-state index contributed by atoms with van der Waals surface area (Å²) in [5.41, 5.74) is 1.41. The minimum atomic E-state index is -0.804. The summed E-state index contributed by atoms with van der Waals surface area (Å²) in [6, 6.07) is 5.87. The number of nitrogens with zero attached hydrogens (tertiary/aromatic N) is 1. The molecule has 0 spiro atoms. The number of thioether (sulfide) groups is 1. The summed E-state index contributed by atoms with van der Waals surface area (Å²) in [7, 11) is 0. The molecule has 2 saturated carbocycles. The largest absolute Gasteiger partial charge is 0.478 e. The van der Waals surface area contributed by atoms with E-state index in [-0.39, 0.29) is 0 Å². The average molecular weight is 291 g/mol. The molecule has 0 bridgehead atoms. The van der Waals surface area contributed by atoms with Crippen LogP contribution in [0.4, 0.5) is 5.69 Å². The van der Waals surface area contributed by atoms with Gasteiger partial charge >= 0.3 is 5.97 Å². The van der Waals surface area contributed by atoms with E-state index in [1.165, 1.54) is 37.4 Å². The minimum Gasteiger partial charge on any atom is -0.478 e. The zero-order valence-corrected chi connectivity index (χ0v) is 12.7. The number of anilines is 1. The van der Waals surface area contributed by atoms with Gasteiger partial charge in [-0.2, -0.15) is 0 Å². The van der Waals surface area contributed by atoms with E-state index < -0.39 is 5.97 Å². The second-order valence-electron chi connectivity index (χ2n) is 5.95. The van der Waals surface area contributed by atoms with E-state index in [1.54, 1.807) is 0 Å². The van der Waals surface area contributed by atoms with Gasteiger partial charge in [-0.25, -0.2) is 4.79 Å². The first kappa shape index (κ1) is 13.8. The maximum atomic E-state index is 11.7. The van der Waals surface area contributed by atoms with Crippen molar-refractivity contribution in [1.82, 2.24) is 0 Å². The summed E-state index contributed by atoms with van der Waals surface area (Å²) >= 11 is 1.52. The minimum absolute atomic E-state index is 0.487. The van der Waals surface area contributed by atoms with Crippen molar-refractivity contribution in [2.75, 3.05) is 24.2 Å². The van der Waals surface area contributed by atoms with Gasteiger partial charge in [0.15, 0.2) is 0 Å². The monoisotopic (exact) mass is 291 g/mol. The van der Waals surface area contributed by atoms with Gasteiger partial charge < -0.3 is 10.0 Å². The van der Waals surface area contributed by atoms with Crippen molar-refractivity contribution in [2.45, 2.75) is 30.6 Å². The number of hydrogen-bond donors (Lipinski definition) is 1. The molecule has 0 amide bonds. The van der Waals surface area contributed by atoms with Gasteiger partial charge in [-0.1, -0.05) is 6.07 Å². The molecule has 0 aromatic heterocycles. The Labute approximate surface area is 124 Å². The Morgan fingerprint density at radius 3 is 2.30 bits per heavy atom. The third-order valence-electron chi connectivity index (χ3n) is 4.13. The Balaban J connectivity index is 1.92. The molecule has 0 atom stereocenters. The van der Waals surface area contributed by atoms with Crippen molar-refractivity contribution >= 4 is 23.4 Å². The SMILES string of the molecule is CSc1cccc(N(CC2CC2)CC2CC2)c1C(=O)O. The lowest BCUT2D eigenvalue weighted by Gasteiger charge is -2.27. The average Bonchev–Trinajstić information content (AvgIpc) is 3.32. The highest BCUT2D eigenvalue weighted by Gasteiger charge is 2.31. The highest BCUT2D eigenvalue weighted by atomic mass is 32.2. The normalized spacial score (nSPS) is 18.1. The van der Waals surface area contributed by atoms with Crippen LogP contribution in [0.5, 0.6) is 0 Å². The molecule has 1 aromatic carbocycles. The topological polar surface area (TPSA) is 40.5 Å². The zero-order chi connectivity index (χ0) is 14.1. The second-order valence-corrected chi connectivity index (χ2v) is 6.80. The van der Waals surface area contributed by atoms with Crippen LogP contribution in [0, 0.1) is 11.8 Å². The van der Waals surface area contributed by atoms with Crippen LogP contribution in [0.1, 0.15) is 36.0 Å². The molecule has 0 aliphatic heterocycles. The summed E-state index contributed by atoms with van der Waals surface area (Å²) in [5, 5.41) is 9.59. The van der Waals surface area contributed by atoms with E-state index in [0.29, 0.717) is 5.56 Å². The number of rotatable bonds is 7. The van der Waals surface area contributed by atoms with Crippen LogP contribution in [0.15, 0.2) is 23.1 Å². The van der Waals surface area contributed by atoms with Gasteiger partial charge in [-0.05, 0) is 55.9 Å². The lowest BCUT2D eigenvalue weighted by Crippen LogP contribution is -2.29. The van der Waals surface area contributed by atoms with Gasteiger partial charge in [0.2, 0.25) is 0 Å². The Kier molecular flexibility index (Phi) is 3.92. The smallest absolute Gasteiger partial charge is 0.338 e. The van der Waals surface area contributed by atoms with Gasteiger partial charge in [0.25, 0.3) is 0 Å². The van der Waals surface area contributed by atoms with Crippen molar-refractivity contribution in [3.05, 3.63) is 23.8 Å². The molecule has 0 radical (unpaired) electrons. The van der Waals surface area contributed by atoms with Crippen molar-refractivity contribution in [2.24, 2.45) is 11.8 Å². The number of benzene rings is 1. The molecule has 4 heteroatoms. The number of hydrogen-bond acceptors (Lipinski definition) is 3. The summed E-state index contributed by atoms with van der Waals surface area (Å²) in [6.45, 7) is 2.04. The Morgan fingerprint density at radius 2 is 1.85 bits per heavy atom. The lowest BCUT2D eigenvalue weighted by molar-refractivity contribution is 0.0693. The number of aromatic carboxylic acids is 1. The summed E-state index contributed by atoms with van der Waals surface area (Å²) in [5.74, 6) is 0.739. The molecule has 3 nitrogen and oxygen atoms in total. The molecule has 2 aliphatic carbocycles. The first-order valence-electron chi connectivity index (χ1n) is 7.34. The van der Waals surface area contributed by atoms with Crippen LogP contribution in [0.3, 0.4) is 0 Å². The van der Waals surface area contributed by atoms with E-state index >= 15 is 0 Å². The summed E-state index contributed by atoms with van der Waals surface area (Å²) < 4.78 is 0. The fourth-order valence-corrected chi connectivity index (χ4v) is 3.27. The van der Waals surface area contributed by atoms with Crippen molar-refractivity contribution < 1.29 is 9.90 Å². The van der Waals surface area contributed by atoms with Crippen LogP contribution in [0.2, 0.25) is 0 Å². The lowest BCUT2D eigenvalue weighted by atomic mass is 10.1. The van der Waals surface area contributed by atoms with Gasteiger partial charge in [-0.15, -0.1) is 11.8 Å². The fraction of sp³-hybridized carbons (Fsp3) is 0.562. The second kappa shape index (κ2) is 5.68. The molecule has 1 N–H and O–H groups in total. The highest BCUT2D eigenvalue weighted by molar-refractivity contribution is 7.98. The molecule has 2 fully saturated rings. The maximum Gasteiger partial charge on any atom is 0.338 e. The van der Waals surface area contributed by atoms with E-state index in [1.807, 2.05) is 24.5 Å². The van der Waals surface area contributed by atoms with E-state index in [4.69, 9.17) is 0 Å². The Bertz CT molecular complexity index is 495. The van der Waals surface area contributed by atoms with Crippen molar-refractivity contribution in [3.63, 3.8) is 0 Å². The molecular formula is C16H21NO2S. The van der Waals surface area contributed by atoms with E-state index in [0.717, 1.165) is 35.5 Å². The summed E-state index contributed by atoms with van der Waals surface area (Å²) in [4.78, 5) is 14.9. The third-order valence-corrected chi connectivity index (χ3v) is 4.91. The Morgan fingerprint density at radius 1 is 1.25 bits per heavy atom. The van der Waals surface area contributed by atoms with E-state index in [2.05, 4.69) is 4.90 Å². The molecule has 20 heavy (non-hydrogen) atoms. The zero-order valence-electron chi connectivity index (χ0n) is 11.8. The van der Waals surface area contributed by atoms with Gasteiger partial charge in [-0.3, -0.25) is 0 Å². The number of carbonyl (C=O) groups is 1. The number of carboxylic acids is 1. The van der Waals surface area contributed by atoms with Crippen LogP contribution in [-0.2, 0) is 0 Å². The fourth-order valence-electron chi connectivity index (χ4n) is 2.66. The van der Waals surface area contributed by atoms with Gasteiger partial charge in [0.05, 0.1) is 11.3 Å². The predicted molar refractivity (Wildman–Crippen MR) is 82.8 cm³/mol. The van der Waals surface area contributed by atoms with Crippen LogP contribution in [-0.4, -0.2) is 30.4 Å².